The molecular weight excluding hydrogens is 396 g/mol. The molecule has 100 valence electrons. The van der Waals surface area contributed by atoms with Crippen molar-refractivity contribution in [1.82, 2.24) is 0 Å². The lowest BCUT2D eigenvalue weighted by Gasteiger charge is -2.12. The Kier molecular flexibility index (Phi) is 4.17. The summed E-state index contributed by atoms with van der Waals surface area (Å²) in [6.07, 6.45) is 0. The van der Waals surface area contributed by atoms with Crippen molar-refractivity contribution in [2.24, 2.45) is 0 Å². The SMILES string of the molecule is Nc1cc(Br)cc(Br)c1NS(=O)(=O)c1ccccc1. The average molecular weight is 406 g/mol. The predicted molar refractivity (Wildman–Crippen MR) is 83.5 cm³/mol. The molecule has 0 amide bonds. The van der Waals surface area contributed by atoms with Gasteiger partial charge in [0.2, 0.25) is 0 Å². The first-order valence-electron chi connectivity index (χ1n) is 5.22. The number of nitrogens with two attached hydrogens (primary N) is 1. The summed E-state index contributed by atoms with van der Waals surface area (Å²) in [6, 6.07) is 11.5. The highest BCUT2D eigenvalue weighted by molar-refractivity contribution is 9.11. The Morgan fingerprint density at radius 1 is 1.05 bits per heavy atom. The Morgan fingerprint density at radius 2 is 1.68 bits per heavy atom. The number of nitrogens with one attached hydrogen (secondary N) is 1. The Labute approximate surface area is 128 Å². The van der Waals surface area contributed by atoms with E-state index < -0.39 is 10.0 Å². The normalized spacial score (nSPS) is 11.3. The molecule has 0 bridgehead atoms. The molecule has 0 heterocycles. The first-order chi connectivity index (χ1) is 8.90. The third kappa shape index (κ3) is 3.29. The molecule has 0 aliphatic carbocycles. The van der Waals surface area contributed by atoms with Crippen LogP contribution in [-0.4, -0.2) is 8.42 Å². The molecule has 0 fully saturated rings. The van der Waals surface area contributed by atoms with Gasteiger partial charge in [0.1, 0.15) is 0 Å². The molecule has 0 saturated carbocycles. The molecule has 0 spiro atoms. The number of anilines is 2. The van der Waals surface area contributed by atoms with Gasteiger partial charge in [0.25, 0.3) is 10.0 Å². The van der Waals surface area contributed by atoms with Gasteiger partial charge in [0.05, 0.1) is 16.3 Å². The second-order valence-electron chi connectivity index (χ2n) is 3.77. The van der Waals surface area contributed by atoms with Crippen molar-refractivity contribution in [2.75, 3.05) is 10.5 Å². The summed E-state index contributed by atoms with van der Waals surface area (Å²) in [5, 5.41) is 0. The highest BCUT2D eigenvalue weighted by atomic mass is 79.9. The monoisotopic (exact) mass is 404 g/mol. The van der Waals surface area contributed by atoms with E-state index in [-0.39, 0.29) is 4.90 Å². The van der Waals surface area contributed by atoms with Crippen molar-refractivity contribution in [2.45, 2.75) is 4.90 Å². The zero-order valence-electron chi connectivity index (χ0n) is 9.60. The Bertz CT molecular complexity index is 680. The smallest absolute Gasteiger partial charge is 0.261 e. The second kappa shape index (κ2) is 5.52. The summed E-state index contributed by atoms with van der Waals surface area (Å²) < 4.78 is 28.2. The van der Waals surface area contributed by atoms with Crippen LogP contribution in [0, 0.1) is 0 Å². The van der Waals surface area contributed by atoms with E-state index in [1.165, 1.54) is 12.1 Å². The standard InChI is InChI=1S/C12H10Br2N2O2S/c13-8-6-10(14)12(11(15)7-8)16-19(17,18)9-4-2-1-3-5-9/h1-7,16H,15H2. The van der Waals surface area contributed by atoms with E-state index in [2.05, 4.69) is 36.6 Å². The van der Waals surface area contributed by atoms with Crippen LogP contribution in [0.2, 0.25) is 0 Å². The van der Waals surface area contributed by atoms with Crippen LogP contribution >= 0.6 is 31.9 Å². The van der Waals surface area contributed by atoms with Gasteiger partial charge in [-0.1, -0.05) is 34.1 Å². The van der Waals surface area contributed by atoms with Crippen molar-refractivity contribution < 1.29 is 8.42 Å². The molecule has 0 atom stereocenters. The fraction of sp³-hybridized carbons (Fsp3) is 0. The maximum absolute atomic E-state index is 12.2. The fourth-order valence-electron chi connectivity index (χ4n) is 1.49. The predicted octanol–water partition coefficient (Wildman–Crippen LogP) is 3.59. The number of benzene rings is 2. The summed E-state index contributed by atoms with van der Waals surface area (Å²) in [4.78, 5) is 0.184. The lowest BCUT2D eigenvalue weighted by molar-refractivity contribution is 0.601. The quantitative estimate of drug-likeness (QED) is 0.766. The fourth-order valence-corrected chi connectivity index (χ4v) is 4.11. The highest BCUT2D eigenvalue weighted by Crippen LogP contribution is 2.34. The van der Waals surface area contributed by atoms with Crippen molar-refractivity contribution >= 4 is 53.3 Å². The summed E-state index contributed by atoms with van der Waals surface area (Å²) >= 11 is 6.57. The molecule has 0 radical (unpaired) electrons. The number of hydrogen-bond donors (Lipinski definition) is 2. The summed E-state index contributed by atoms with van der Waals surface area (Å²) in [5.41, 5.74) is 6.48. The van der Waals surface area contributed by atoms with E-state index in [0.29, 0.717) is 15.8 Å². The molecule has 2 aromatic rings. The largest absolute Gasteiger partial charge is 0.397 e. The Hall–Kier alpha value is -1.05. The minimum absolute atomic E-state index is 0.184. The lowest BCUT2D eigenvalue weighted by Crippen LogP contribution is -2.14. The first-order valence-corrected chi connectivity index (χ1v) is 8.29. The van der Waals surface area contributed by atoms with Gasteiger partial charge < -0.3 is 5.73 Å². The molecule has 0 unspecified atom stereocenters. The van der Waals surface area contributed by atoms with Gasteiger partial charge in [-0.25, -0.2) is 8.42 Å². The van der Waals surface area contributed by atoms with E-state index in [1.807, 2.05) is 0 Å². The van der Waals surface area contributed by atoms with E-state index in [9.17, 15) is 8.42 Å². The number of halogens is 2. The zero-order valence-corrected chi connectivity index (χ0v) is 13.6. The lowest BCUT2D eigenvalue weighted by atomic mass is 10.3. The Balaban J connectivity index is 2.42. The van der Waals surface area contributed by atoms with Crippen LogP contribution < -0.4 is 10.5 Å². The maximum atomic E-state index is 12.2. The van der Waals surface area contributed by atoms with Crippen LogP contribution in [0.1, 0.15) is 0 Å². The van der Waals surface area contributed by atoms with Gasteiger partial charge >= 0.3 is 0 Å². The Morgan fingerprint density at radius 3 is 2.26 bits per heavy atom. The summed E-state index contributed by atoms with van der Waals surface area (Å²) in [5.74, 6) is 0. The number of hydrogen-bond acceptors (Lipinski definition) is 3. The minimum Gasteiger partial charge on any atom is -0.397 e. The van der Waals surface area contributed by atoms with Gasteiger partial charge in [-0.15, -0.1) is 0 Å². The topological polar surface area (TPSA) is 72.2 Å². The molecule has 0 saturated heterocycles. The molecule has 2 aromatic carbocycles. The van der Waals surface area contributed by atoms with Crippen LogP contribution in [0.4, 0.5) is 11.4 Å². The summed E-state index contributed by atoms with van der Waals surface area (Å²) in [6.45, 7) is 0. The van der Waals surface area contributed by atoms with Crippen molar-refractivity contribution in [3.8, 4) is 0 Å². The van der Waals surface area contributed by atoms with E-state index in [4.69, 9.17) is 5.73 Å². The van der Waals surface area contributed by atoms with E-state index >= 15 is 0 Å². The third-order valence-corrected chi connectivity index (χ3v) is 4.82. The summed E-state index contributed by atoms with van der Waals surface area (Å²) in [7, 11) is -3.65. The molecule has 2 rings (SSSR count). The minimum atomic E-state index is -3.65. The van der Waals surface area contributed by atoms with Crippen LogP contribution in [0.3, 0.4) is 0 Å². The van der Waals surface area contributed by atoms with Crippen LogP contribution in [-0.2, 0) is 10.0 Å². The first kappa shape index (κ1) is 14.4. The van der Waals surface area contributed by atoms with Crippen LogP contribution in [0.25, 0.3) is 0 Å². The molecule has 3 N–H and O–H groups in total. The molecule has 0 aromatic heterocycles. The van der Waals surface area contributed by atoms with Crippen molar-refractivity contribution in [3.63, 3.8) is 0 Å². The number of sulfonamides is 1. The van der Waals surface area contributed by atoms with E-state index in [0.717, 1.165) is 4.47 Å². The molecular formula is C12H10Br2N2O2S. The maximum Gasteiger partial charge on any atom is 0.261 e. The number of nitrogen functional groups attached to an aromatic ring is 1. The molecule has 7 heteroatoms. The van der Waals surface area contributed by atoms with Crippen molar-refractivity contribution in [3.05, 3.63) is 51.4 Å². The van der Waals surface area contributed by atoms with Gasteiger partial charge in [-0.2, -0.15) is 0 Å². The van der Waals surface area contributed by atoms with Gasteiger partial charge in [-0.05, 0) is 40.2 Å². The van der Waals surface area contributed by atoms with Gasteiger partial charge in [-0.3, -0.25) is 4.72 Å². The second-order valence-corrected chi connectivity index (χ2v) is 7.22. The number of rotatable bonds is 3. The molecule has 0 aliphatic heterocycles. The van der Waals surface area contributed by atoms with Crippen molar-refractivity contribution in [1.29, 1.82) is 0 Å². The van der Waals surface area contributed by atoms with Gasteiger partial charge in [0, 0.05) is 8.95 Å². The molecule has 19 heavy (non-hydrogen) atoms. The van der Waals surface area contributed by atoms with Crippen LogP contribution in [0.15, 0.2) is 56.3 Å². The van der Waals surface area contributed by atoms with Crippen LogP contribution in [0.5, 0.6) is 0 Å². The average Bonchev–Trinajstić information content (AvgIpc) is 2.35. The molecule has 4 nitrogen and oxygen atoms in total. The van der Waals surface area contributed by atoms with E-state index in [1.54, 1.807) is 30.3 Å². The zero-order chi connectivity index (χ0) is 14.0. The highest BCUT2D eigenvalue weighted by Gasteiger charge is 2.17. The van der Waals surface area contributed by atoms with Gasteiger partial charge in [0.15, 0.2) is 0 Å². The third-order valence-electron chi connectivity index (χ3n) is 2.38. The molecule has 0 aliphatic rings.